The van der Waals surface area contributed by atoms with Crippen molar-refractivity contribution in [2.75, 3.05) is 0 Å². The van der Waals surface area contributed by atoms with E-state index < -0.39 is 15.8 Å². The van der Waals surface area contributed by atoms with Crippen molar-refractivity contribution in [3.63, 3.8) is 0 Å². The minimum Gasteiger partial charge on any atom is -0.369 e. The van der Waals surface area contributed by atoms with Gasteiger partial charge in [0.05, 0.1) is 4.92 Å². The molecule has 6 heteroatoms. The number of aliphatic hydroxyl groups is 1. The molecule has 5 nitrogen and oxygen atoms in total. The Hall–Kier alpha value is -1.46. The molecule has 0 bridgehead atoms. The van der Waals surface area contributed by atoms with Crippen LogP contribution in [0, 0.1) is 10.1 Å². The number of carbonyl (C=O) groups excluding carboxylic acids is 1. The number of hydrogen-bond donors (Lipinski definition) is 1. The molecule has 1 aromatic carbocycles. The highest BCUT2D eigenvalue weighted by Crippen LogP contribution is 2.19. The van der Waals surface area contributed by atoms with Gasteiger partial charge in [0, 0.05) is 17.7 Å². The summed E-state index contributed by atoms with van der Waals surface area (Å²) < 4.78 is 0. The first-order chi connectivity index (χ1) is 6.82. The Kier molecular flexibility index (Phi) is 3.06. The van der Waals surface area contributed by atoms with Crippen LogP contribution >= 0.6 is 11.6 Å². The second-order valence-electron chi connectivity index (χ2n) is 3.09. The Balaban J connectivity index is 3.00. The van der Waals surface area contributed by atoms with Crippen LogP contribution in [-0.4, -0.2) is 20.9 Å². The van der Waals surface area contributed by atoms with E-state index in [2.05, 4.69) is 0 Å². The van der Waals surface area contributed by atoms with Crippen molar-refractivity contribution >= 4 is 23.1 Å². The monoisotopic (exact) mass is 229 g/mol. The fourth-order valence-electron chi connectivity index (χ4n) is 0.998. The largest absolute Gasteiger partial charge is 0.369 e. The van der Waals surface area contributed by atoms with Crippen LogP contribution < -0.4 is 0 Å². The van der Waals surface area contributed by atoms with E-state index in [1.54, 1.807) is 0 Å². The van der Waals surface area contributed by atoms with Crippen LogP contribution in [0.2, 0.25) is 0 Å². The first-order valence-electron chi connectivity index (χ1n) is 4.03. The van der Waals surface area contributed by atoms with Gasteiger partial charge in [0.1, 0.15) is 0 Å². The number of ketones is 1. The van der Waals surface area contributed by atoms with Crippen LogP contribution in [0.15, 0.2) is 24.3 Å². The molecule has 0 aliphatic carbocycles. The highest BCUT2D eigenvalue weighted by Gasteiger charge is 2.28. The number of carbonyl (C=O) groups is 1. The molecule has 0 spiro atoms. The molecule has 1 N–H and O–H groups in total. The van der Waals surface area contributed by atoms with Crippen molar-refractivity contribution in [2.45, 2.75) is 12.0 Å². The second-order valence-corrected chi connectivity index (χ2v) is 3.82. The molecule has 0 saturated heterocycles. The molecule has 1 aromatic rings. The average molecular weight is 230 g/mol. The van der Waals surface area contributed by atoms with E-state index >= 15 is 0 Å². The Bertz CT molecular complexity index is 394. The molecular weight excluding hydrogens is 222 g/mol. The fourth-order valence-corrected chi connectivity index (χ4v) is 1.11. The number of alkyl halides is 1. The van der Waals surface area contributed by atoms with Crippen LogP contribution in [0.3, 0.4) is 0 Å². The lowest BCUT2D eigenvalue weighted by molar-refractivity contribution is -0.384. The van der Waals surface area contributed by atoms with E-state index in [4.69, 9.17) is 11.6 Å². The number of halogens is 1. The first-order valence-corrected chi connectivity index (χ1v) is 4.40. The zero-order valence-electron chi connectivity index (χ0n) is 7.81. The summed E-state index contributed by atoms with van der Waals surface area (Å²) in [6.07, 6.45) is 0. The third-order valence-electron chi connectivity index (χ3n) is 1.75. The standard InChI is InChI=1S/C9H8ClNO4/c1-9(10,13)8(12)6-2-4-7(5-3-6)11(14)15/h2-5,13H,1H3. The van der Waals surface area contributed by atoms with Crippen LogP contribution in [0.5, 0.6) is 0 Å². The predicted molar refractivity (Wildman–Crippen MR) is 53.9 cm³/mol. The highest BCUT2D eigenvalue weighted by molar-refractivity contribution is 6.36. The minimum absolute atomic E-state index is 0.124. The summed E-state index contributed by atoms with van der Waals surface area (Å²) in [4.78, 5) is 21.1. The maximum Gasteiger partial charge on any atom is 0.269 e. The lowest BCUT2D eigenvalue weighted by Crippen LogP contribution is -2.28. The Morgan fingerprint density at radius 3 is 2.27 bits per heavy atom. The van der Waals surface area contributed by atoms with Crippen LogP contribution in [0.25, 0.3) is 0 Å². The quantitative estimate of drug-likeness (QED) is 0.370. The Morgan fingerprint density at radius 2 is 1.93 bits per heavy atom. The smallest absolute Gasteiger partial charge is 0.269 e. The highest BCUT2D eigenvalue weighted by atomic mass is 35.5. The van der Waals surface area contributed by atoms with E-state index in [1.165, 1.54) is 24.3 Å². The number of benzene rings is 1. The summed E-state index contributed by atoms with van der Waals surface area (Å²) in [5.41, 5.74) is 0.00126. The minimum atomic E-state index is -1.99. The zero-order chi connectivity index (χ0) is 11.6. The number of nitro groups is 1. The van der Waals surface area contributed by atoms with Gasteiger partial charge in [-0.2, -0.15) is 0 Å². The Labute approximate surface area is 90.4 Å². The van der Waals surface area contributed by atoms with E-state index in [1.807, 2.05) is 0 Å². The third-order valence-corrected chi connectivity index (χ3v) is 1.93. The molecule has 1 rings (SSSR count). The van der Waals surface area contributed by atoms with Crippen molar-refractivity contribution in [1.29, 1.82) is 0 Å². The molecule has 0 aliphatic heterocycles. The molecule has 0 radical (unpaired) electrons. The predicted octanol–water partition coefficient (Wildman–Crippen LogP) is 1.72. The van der Waals surface area contributed by atoms with E-state index in [9.17, 15) is 20.0 Å². The number of nitro benzene ring substituents is 1. The molecule has 1 unspecified atom stereocenters. The van der Waals surface area contributed by atoms with Crippen molar-refractivity contribution in [3.8, 4) is 0 Å². The summed E-state index contributed by atoms with van der Waals surface area (Å²) in [6, 6.07) is 4.85. The molecule has 0 fully saturated rings. The number of nitrogens with zero attached hydrogens (tertiary/aromatic N) is 1. The van der Waals surface area contributed by atoms with Gasteiger partial charge in [-0.25, -0.2) is 0 Å². The van der Waals surface area contributed by atoms with Crippen molar-refractivity contribution in [3.05, 3.63) is 39.9 Å². The van der Waals surface area contributed by atoms with Crippen LogP contribution in [0.4, 0.5) is 5.69 Å². The van der Waals surface area contributed by atoms with Crippen LogP contribution in [0.1, 0.15) is 17.3 Å². The van der Waals surface area contributed by atoms with Gasteiger partial charge in [-0.15, -0.1) is 0 Å². The zero-order valence-corrected chi connectivity index (χ0v) is 8.56. The first kappa shape index (κ1) is 11.6. The maximum atomic E-state index is 11.4. The van der Waals surface area contributed by atoms with Gasteiger partial charge in [-0.1, -0.05) is 11.6 Å². The lowest BCUT2D eigenvalue weighted by Gasteiger charge is -2.12. The van der Waals surface area contributed by atoms with Gasteiger partial charge < -0.3 is 5.11 Å². The summed E-state index contributed by atoms with van der Waals surface area (Å²) >= 11 is 5.39. The molecule has 0 heterocycles. The molecule has 80 valence electrons. The maximum absolute atomic E-state index is 11.4. The normalized spacial score (nSPS) is 14.3. The molecule has 15 heavy (non-hydrogen) atoms. The van der Waals surface area contributed by atoms with Gasteiger partial charge in [0.15, 0.2) is 5.06 Å². The van der Waals surface area contributed by atoms with Gasteiger partial charge in [-0.05, 0) is 19.1 Å². The third kappa shape index (κ3) is 2.74. The number of non-ortho nitro benzene ring substituents is 1. The molecule has 0 aliphatic rings. The molecular formula is C9H8ClNO4. The van der Waals surface area contributed by atoms with Crippen molar-refractivity contribution in [1.82, 2.24) is 0 Å². The van der Waals surface area contributed by atoms with Gasteiger partial charge >= 0.3 is 0 Å². The lowest BCUT2D eigenvalue weighted by atomic mass is 10.1. The van der Waals surface area contributed by atoms with E-state index in [0.717, 1.165) is 6.92 Å². The fraction of sp³-hybridized carbons (Fsp3) is 0.222. The van der Waals surface area contributed by atoms with E-state index in [0.29, 0.717) is 0 Å². The van der Waals surface area contributed by atoms with Gasteiger partial charge in [0.25, 0.3) is 5.69 Å². The van der Waals surface area contributed by atoms with Crippen molar-refractivity contribution < 1.29 is 14.8 Å². The summed E-state index contributed by atoms with van der Waals surface area (Å²) in [5, 5.41) is 17.5. The second kappa shape index (κ2) is 3.96. The van der Waals surface area contributed by atoms with Gasteiger partial charge in [0.2, 0.25) is 5.78 Å². The van der Waals surface area contributed by atoms with E-state index in [-0.39, 0.29) is 11.3 Å². The summed E-state index contributed by atoms with van der Waals surface area (Å²) in [7, 11) is 0. The van der Waals surface area contributed by atoms with Crippen molar-refractivity contribution in [2.24, 2.45) is 0 Å². The number of Topliss-reactive ketones (excluding diaryl/α,β-unsaturated/α-hetero) is 1. The average Bonchev–Trinajstić information content (AvgIpc) is 2.15. The number of rotatable bonds is 3. The van der Waals surface area contributed by atoms with Crippen LogP contribution in [-0.2, 0) is 0 Å². The SMILES string of the molecule is CC(O)(Cl)C(=O)c1ccc([N+](=O)[O-])cc1. The number of hydrogen-bond acceptors (Lipinski definition) is 4. The summed E-state index contributed by atoms with van der Waals surface area (Å²) in [6.45, 7) is 1.14. The summed E-state index contributed by atoms with van der Waals surface area (Å²) in [5.74, 6) is -0.695. The van der Waals surface area contributed by atoms with Gasteiger partial charge in [-0.3, -0.25) is 14.9 Å². The molecule has 0 saturated carbocycles. The molecule has 0 amide bonds. The molecule has 0 aromatic heterocycles. The molecule has 1 atom stereocenters. The topological polar surface area (TPSA) is 80.4 Å². The Morgan fingerprint density at radius 1 is 1.47 bits per heavy atom.